The number of anilines is 2. The van der Waals surface area contributed by atoms with Crippen molar-refractivity contribution in [1.29, 1.82) is 5.26 Å². The van der Waals surface area contributed by atoms with Crippen LogP contribution in [0.15, 0.2) is 24.3 Å². The summed E-state index contributed by atoms with van der Waals surface area (Å²) in [6.45, 7) is 4.02. The molecule has 2 saturated heterocycles. The van der Waals surface area contributed by atoms with Crippen LogP contribution in [0.3, 0.4) is 0 Å². The number of fused-ring (bicyclic) bond motifs is 3. The van der Waals surface area contributed by atoms with E-state index in [2.05, 4.69) is 22.0 Å². The summed E-state index contributed by atoms with van der Waals surface area (Å²) < 4.78 is 50.9. The molecular formula is C32H29ClF2N6O3S. The lowest BCUT2D eigenvalue weighted by Gasteiger charge is -2.31. The van der Waals surface area contributed by atoms with Crippen molar-refractivity contribution >= 4 is 54.7 Å². The molecule has 8 rings (SSSR count). The molecule has 4 aliphatic rings. The van der Waals surface area contributed by atoms with Gasteiger partial charge in [-0.25, -0.2) is 8.78 Å². The Balaban J connectivity index is 1.35. The zero-order chi connectivity index (χ0) is 30.9. The Morgan fingerprint density at radius 2 is 2.02 bits per heavy atom. The second kappa shape index (κ2) is 10.9. The number of ether oxygens (including phenoxy) is 3. The number of nitrogen functional groups attached to an aromatic ring is 1. The van der Waals surface area contributed by atoms with E-state index < -0.39 is 11.6 Å². The molecule has 6 heterocycles. The summed E-state index contributed by atoms with van der Waals surface area (Å²) in [5.74, 6) is -0.604. The number of hydrogen-bond acceptors (Lipinski definition) is 10. The fourth-order valence-electron chi connectivity index (χ4n) is 7.38. The van der Waals surface area contributed by atoms with E-state index in [1.807, 2.05) is 11.0 Å². The minimum absolute atomic E-state index is 0.0117. The molecule has 4 aromatic rings. The quantitative estimate of drug-likeness (QED) is 0.246. The van der Waals surface area contributed by atoms with Gasteiger partial charge in [-0.1, -0.05) is 29.8 Å². The summed E-state index contributed by atoms with van der Waals surface area (Å²) in [5.41, 5.74) is 6.11. The predicted molar refractivity (Wildman–Crippen MR) is 169 cm³/mol. The standard InChI is InChI=1S/C32H29ClF2N6O3S/c33-24-22(18-5-6-20(34)28-21(18)19(14-36)29(37)45-28)25(35)26-23-27(24)43-12-10-40-8-2-1-3-11-42-17-13-32(7-4-9-41(32)15-17)16-44-31(38-26)39-30(23)40/h1,3,5-6,17H,2,4,7-13,15-16,37H2/b3-1+/t17-,32?/m1/s1. The second-order valence-electron chi connectivity index (χ2n) is 12.0. The molecule has 1 spiro atoms. The molecule has 2 atom stereocenters. The van der Waals surface area contributed by atoms with Crippen LogP contribution in [0, 0.1) is 23.0 Å². The highest BCUT2D eigenvalue weighted by molar-refractivity contribution is 7.23. The van der Waals surface area contributed by atoms with E-state index in [0.29, 0.717) is 43.9 Å². The average Bonchev–Trinajstić information content (AvgIpc) is 3.64. The van der Waals surface area contributed by atoms with E-state index in [9.17, 15) is 9.65 Å². The highest BCUT2D eigenvalue weighted by Gasteiger charge is 2.49. The van der Waals surface area contributed by atoms with Crippen LogP contribution in [0.25, 0.3) is 32.1 Å². The molecule has 2 aromatic carbocycles. The van der Waals surface area contributed by atoms with Gasteiger partial charge in [0.25, 0.3) is 0 Å². The number of nitriles is 1. The van der Waals surface area contributed by atoms with E-state index >= 15 is 4.39 Å². The topological polar surface area (TPSA) is 110 Å². The molecule has 0 amide bonds. The van der Waals surface area contributed by atoms with Gasteiger partial charge in [0.05, 0.1) is 45.5 Å². The van der Waals surface area contributed by atoms with E-state index in [4.69, 9.17) is 36.5 Å². The Bertz CT molecular complexity index is 1950. The van der Waals surface area contributed by atoms with E-state index in [-0.39, 0.29) is 72.3 Å². The molecule has 2 N–H and O–H groups in total. The summed E-state index contributed by atoms with van der Waals surface area (Å²) >= 11 is 7.92. The number of hydrogen-bond donors (Lipinski definition) is 1. The highest BCUT2D eigenvalue weighted by atomic mass is 35.5. The number of rotatable bonds is 1. The molecule has 2 fully saturated rings. The van der Waals surface area contributed by atoms with Crippen molar-refractivity contribution < 1.29 is 23.0 Å². The van der Waals surface area contributed by atoms with Crippen LogP contribution < -0.4 is 20.1 Å². The van der Waals surface area contributed by atoms with Gasteiger partial charge in [0.15, 0.2) is 11.6 Å². The van der Waals surface area contributed by atoms with Gasteiger partial charge in [-0.05, 0) is 43.9 Å². The highest BCUT2D eigenvalue weighted by Crippen LogP contribution is 2.51. The first-order valence-corrected chi connectivity index (χ1v) is 16.2. The Hall–Kier alpha value is -3.76. The maximum Gasteiger partial charge on any atom is 0.319 e. The van der Waals surface area contributed by atoms with Crippen molar-refractivity contribution in [2.75, 3.05) is 56.6 Å². The fourth-order valence-corrected chi connectivity index (χ4v) is 8.66. The normalized spacial score (nSPS) is 24.0. The van der Waals surface area contributed by atoms with Crippen LogP contribution in [-0.2, 0) is 4.74 Å². The van der Waals surface area contributed by atoms with E-state index in [0.717, 1.165) is 43.7 Å². The van der Waals surface area contributed by atoms with Gasteiger partial charge in [0.1, 0.15) is 41.4 Å². The molecule has 45 heavy (non-hydrogen) atoms. The number of halogens is 3. The molecule has 13 heteroatoms. The number of benzene rings is 2. The Labute approximate surface area is 266 Å². The molecule has 0 saturated carbocycles. The fraction of sp³-hybridized carbons (Fsp3) is 0.406. The molecule has 4 bridgehead atoms. The van der Waals surface area contributed by atoms with Crippen LogP contribution in [-0.4, -0.2) is 72.5 Å². The van der Waals surface area contributed by atoms with Gasteiger partial charge in [0, 0.05) is 24.0 Å². The SMILES string of the molecule is N#Cc1c(N)sc2c(F)ccc(-c3c(Cl)c4c5c6nc(nc5c3F)OCC35CCCN3C[C@@H](C5)OC/C=C/CCN6CCO4)c12. The molecule has 4 aliphatic heterocycles. The van der Waals surface area contributed by atoms with Crippen LogP contribution in [0.2, 0.25) is 5.02 Å². The zero-order valence-corrected chi connectivity index (χ0v) is 25.8. The van der Waals surface area contributed by atoms with Crippen LogP contribution in [0.1, 0.15) is 31.2 Å². The summed E-state index contributed by atoms with van der Waals surface area (Å²) in [4.78, 5) is 13.9. The van der Waals surface area contributed by atoms with Crippen LogP contribution in [0.4, 0.5) is 19.6 Å². The lowest BCUT2D eigenvalue weighted by molar-refractivity contribution is 0.0766. The molecule has 0 aliphatic carbocycles. The second-order valence-corrected chi connectivity index (χ2v) is 13.4. The summed E-state index contributed by atoms with van der Waals surface area (Å²) in [5, 5.41) is 10.6. The van der Waals surface area contributed by atoms with Gasteiger partial charge in [-0.3, -0.25) is 4.90 Å². The molecule has 2 aromatic heterocycles. The van der Waals surface area contributed by atoms with Gasteiger partial charge < -0.3 is 24.8 Å². The first-order chi connectivity index (χ1) is 21.9. The summed E-state index contributed by atoms with van der Waals surface area (Å²) in [7, 11) is 0. The Kier molecular flexibility index (Phi) is 6.98. The Morgan fingerprint density at radius 1 is 1.13 bits per heavy atom. The summed E-state index contributed by atoms with van der Waals surface area (Å²) in [6, 6.07) is 4.74. The van der Waals surface area contributed by atoms with Crippen molar-refractivity contribution in [2.45, 2.75) is 37.3 Å². The zero-order valence-electron chi connectivity index (χ0n) is 24.2. The maximum atomic E-state index is 17.0. The molecular weight excluding hydrogens is 622 g/mol. The number of nitrogens with zero attached hydrogens (tertiary/aromatic N) is 5. The smallest absolute Gasteiger partial charge is 0.319 e. The van der Waals surface area contributed by atoms with Gasteiger partial charge in [-0.15, -0.1) is 11.3 Å². The molecule has 1 unspecified atom stereocenters. The minimum Gasteiger partial charge on any atom is -0.489 e. The van der Waals surface area contributed by atoms with Crippen molar-refractivity contribution in [3.05, 3.63) is 46.5 Å². The Morgan fingerprint density at radius 3 is 2.89 bits per heavy atom. The largest absolute Gasteiger partial charge is 0.489 e. The van der Waals surface area contributed by atoms with Crippen molar-refractivity contribution in [2.24, 2.45) is 0 Å². The third-order valence-electron chi connectivity index (χ3n) is 9.45. The number of nitrogens with two attached hydrogens (primary N) is 1. The molecule has 0 radical (unpaired) electrons. The van der Waals surface area contributed by atoms with Gasteiger partial charge >= 0.3 is 6.01 Å². The van der Waals surface area contributed by atoms with Crippen molar-refractivity contribution in [3.63, 3.8) is 0 Å². The first kappa shape index (κ1) is 28.7. The van der Waals surface area contributed by atoms with E-state index in [1.54, 1.807) is 0 Å². The minimum atomic E-state index is -0.743. The van der Waals surface area contributed by atoms with Crippen molar-refractivity contribution in [3.8, 4) is 29.0 Å². The average molecular weight is 651 g/mol. The third kappa shape index (κ3) is 4.51. The van der Waals surface area contributed by atoms with Crippen LogP contribution >= 0.6 is 22.9 Å². The molecule has 9 nitrogen and oxygen atoms in total. The third-order valence-corrected chi connectivity index (χ3v) is 10.8. The van der Waals surface area contributed by atoms with Crippen LogP contribution in [0.5, 0.6) is 11.8 Å². The van der Waals surface area contributed by atoms with Gasteiger partial charge in [-0.2, -0.15) is 15.2 Å². The lowest BCUT2D eigenvalue weighted by Crippen LogP contribution is -2.43. The lowest BCUT2D eigenvalue weighted by atomic mass is 9.94. The first-order valence-electron chi connectivity index (χ1n) is 15.0. The maximum absolute atomic E-state index is 17.0. The molecule has 232 valence electrons. The van der Waals surface area contributed by atoms with Gasteiger partial charge in [0.2, 0.25) is 0 Å². The predicted octanol–water partition coefficient (Wildman–Crippen LogP) is 6.06. The van der Waals surface area contributed by atoms with Crippen molar-refractivity contribution in [1.82, 2.24) is 14.9 Å². The number of thiophene rings is 1. The monoisotopic (exact) mass is 650 g/mol. The van der Waals surface area contributed by atoms with E-state index in [1.165, 1.54) is 12.1 Å². The summed E-state index contributed by atoms with van der Waals surface area (Å²) in [6.07, 6.45) is 7.82. The number of aromatic nitrogens is 2.